The Kier molecular flexibility index (Phi) is 6.55. The zero-order valence-corrected chi connectivity index (χ0v) is 27.2. The molecule has 1 aliphatic rings. The Morgan fingerprint density at radius 3 is 1.79 bits per heavy atom. The van der Waals surface area contributed by atoms with E-state index >= 15 is 0 Å². The van der Waals surface area contributed by atoms with Crippen LogP contribution in [0.15, 0.2) is 176 Å². The second-order valence-corrected chi connectivity index (χ2v) is 13.4. The van der Waals surface area contributed by atoms with Gasteiger partial charge in [0, 0.05) is 22.2 Å². The fourth-order valence-corrected chi connectivity index (χ4v) is 7.88. The van der Waals surface area contributed by atoms with Crippen LogP contribution in [0.3, 0.4) is 0 Å². The van der Waals surface area contributed by atoms with Crippen molar-refractivity contribution in [1.29, 1.82) is 0 Å². The maximum Gasteiger partial charge on any atom is 0.0540 e. The first-order valence-corrected chi connectivity index (χ1v) is 16.8. The highest BCUT2D eigenvalue weighted by Gasteiger charge is 2.37. The van der Waals surface area contributed by atoms with Gasteiger partial charge in [-0.15, -0.1) is 0 Å². The number of anilines is 3. The minimum Gasteiger partial charge on any atom is -0.310 e. The molecule has 0 radical (unpaired) electrons. The molecule has 0 bridgehead atoms. The molecule has 0 heterocycles. The molecule has 9 rings (SSSR count). The average Bonchev–Trinajstić information content (AvgIpc) is 3.38. The van der Waals surface area contributed by atoms with Crippen LogP contribution < -0.4 is 4.90 Å². The highest BCUT2D eigenvalue weighted by Crippen LogP contribution is 2.54. The molecular weight excluding hydrogens is 579 g/mol. The summed E-state index contributed by atoms with van der Waals surface area (Å²) in [5.74, 6) is 0. The molecular formula is C47H35N. The summed E-state index contributed by atoms with van der Waals surface area (Å²) in [5.41, 5.74) is 13.7. The van der Waals surface area contributed by atoms with Crippen molar-refractivity contribution in [3.63, 3.8) is 0 Å². The molecule has 228 valence electrons. The summed E-state index contributed by atoms with van der Waals surface area (Å²) in [6.45, 7) is 4.75. The van der Waals surface area contributed by atoms with E-state index in [1.54, 1.807) is 0 Å². The first kappa shape index (κ1) is 28.3. The van der Waals surface area contributed by atoms with Crippen molar-refractivity contribution in [1.82, 2.24) is 0 Å². The summed E-state index contributed by atoms with van der Waals surface area (Å²) in [5, 5.41) is 4.93. The lowest BCUT2D eigenvalue weighted by atomic mass is 9.81. The van der Waals surface area contributed by atoms with Gasteiger partial charge in [0.2, 0.25) is 0 Å². The Morgan fingerprint density at radius 2 is 1.02 bits per heavy atom. The molecule has 0 atom stereocenters. The van der Waals surface area contributed by atoms with Crippen molar-refractivity contribution in [3.05, 3.63) is 187 Å². The zero-order valence-electron chi connectivity index (χ0n) is 27.2. The van der Waals surface area contributed by atoms with E-state index in [2.05, 4.69) is 195 Å². The number of hydrogen-bond donors (Lipinski definition) is 0. The summed E-state index contributed by atoms with van der Waals surface area (Å²) in [4.78, 5) is 2.47. The Bertz CT molecular complexity index is 2470. The van der Waals surface area contributed by atoms with Gasteiger partial charge in [-0.25, -0.2) is 0 Å². The minimum absolute atomic E-state index is 0.158. The summed E-state index contributed by atoms with van der Waals surface area (Å²) < 4.78 is 0. The predicted octanol–water partition coefficient (Wildman–Crippen LogP) is 13.1. The average molecular weight is 614 g/mol. The van der Waals surface area contributed by atoms with Crippen molar-refractivity contribution < 1.29 is 0 Å². The molecule has 1 nitrogen and oxygen atoms in total. The monoisotopic (exact) mass is 613 g/mol. The molecule has 0 amide bonds. The summed E-state index contributed by atoms with van der Waals surface area (Å²) in [6.07, 6.45) is 0. The van der Waals surface area contributed by atoms with Crippen LogP contribution in [-0.4, -0.2) is 0 Å². The lowest BCUT2D eigenvalue weighted by molar-refractivity contribution is 0.660. The van der Waals surface area contributed by atoms with E-state index in [1.807, 2.05) is 0 Å². The Balaban J connectivity index is 1.31. The maximum atomic E-state index is 2.47. The van der Waals surface area contributed by atoms with Crippen LogP contribution in [0.5, 0.6) is 0 Å². The molecule has 0 spiro atoms. The van der Waals surface area contributed by atoms with Gasteiger partial charge in [0.05, 0.1) is 5.69 Å². The number of nitrogens with zero attached hydrogens (tertiary/aromatic N) is 1. The second-order valence-electron chi connectivity index (χ2n) is 13.4. The number of hydrogen-bond acceptors (Lipinski definition) is 1. The number of fused-ring (bicyclic) bond motifs is 5. The highest BCUT2D eigenvalue weighted by molar-refractivity contribution is 6.04. The molecule has 0 aromatic heterocycles. The third-order valence-corrected chi connectivity index (χ3v) is 10.2. The molecule has 1 heteroatoms. The molecule has 0 fully saturated rings. The van der Waals surface area contributed by atoms with Crippen molar-refractivity contribution in [3.8, 4) is 33.4 Å². The van der Waals surface area contributed by atoms with Gasteiger partial charge in [-0.3, -0.25) is 0 Å². The van der Waals surface area contributed by atoms with Crippen molar-refractivity contribution in [2.24, 2.45) is 0 Å². The largest absolute Gasteiger partial charge is 0.310 e. The van der Waals surface area contributed by atoms with E-state index in [0.717, 1.165) is 11.4 Å². The van der Waals surface area contributed by atoms with Gasteiger partial charge in [0.25, 0.3) is 0 Å². The molecule has 0 N–H and O–H groups in total. The molecule has 8 aromatic carbocycles. The number of rotatable bonds is 5. The smallest absolute Gasteiger partial charge is 0.0540 e. The lowest BCUT2D eigenvalue weighted by Crippen LogP contribution is -2.16. The van der Waals surface area contributed by atoms with Crippen LogP contribution in [0, 0.1) is 0 Å². The minimum atomic E-state index is -0.158. The van der Waals surface area contributed by atoms with E-state index in [1.165, 1.54) is 71.7 Å². The van der Waals surface area contributed by atoms with Gasteiger partial charge in [0.15, 0.2) is 0 Å². The normalized spacial score (nSPS) is 13.0. The third-order valence-electron chi connectivity index (χ3n) is 10.2. The quantitative estimate of drug-likeness (QED) is 0.187. The standard InChI is InChI=1S/C47H35N/c1-47(2)43-25-14-24-40(33-15-5-3-6-16-33)46(43)41-28-27-36(31-44(41)47)48(45-26-13-21-32-19-9-12-23-39(32)45)37-29-35-20-10-11-22-38(35)42(30-37)34-17-7-4-8-18-34/h3-31H,1-2H3. The van der Waals surface area contributed by atoms with E-state index < -0.39 is 0 Å². The fraction of sp³-hybridized carbons (Fsp3) is 0.0638. The van der Waals surface area contributed by atoms with Crippen LogP contribution in [0.1, 0.15) is 25.0 Å². The summed E-state index contributed by atoms with van der Waals surface area (Å²) in [7, 11) is 0. The first-order chi connectivity index (χ1) is 23.6. The number of benzene rings is 8. The fourth-order valence-electron chi connectivity index (χ4n) is 7.88. The molecule has 0 aliphatic heterocycles. The van der Waals surface area contributed by atoms with Crippen molar-refractivity contribution in [2.45, 2.75) is 19.3 Å². The Morgan fingerprint density at radius 1 is 0.396 bits per heavy atom. The lowest BCUT2D eigenvalue weighted by Gasteiger charge is -2.30. The van der Waals surface area contributed by atoms with Gasteiger partial charge in [-0.05, 0) is 91.0 Å². The van der Waals surface area contributed by atoms with Crippen LogP contribution >= 0.6 is 0 Å². The van der Waals surface area contributed by atoms with Gasteiger partial charge >= 0.3 is 0 Å². The summed E-state index contributed by atoms with van der Waals surface area (Å²) >= 11 is 0. The predicted molar refractivity (Wildman–Crippen MR) is 205 cm³/mol. The molecule has 1 aliphatic carbocycles. The van der Waals surface area contributed by atoms with Gasteiger partial charge in [-0.1, -0.05) is 159 Å². The van der Waals surface area contributed by atoms with Crippen LogP contribution in [-0.2, 0) is 5.41 Å². The van der Waals surface area contributed by atoms with Crippen LogP contribution in [0.2, 0.25) is 0 Å². The Hall–Kier alpha value is -5.92. The molecule has 0 unspecified atom stereocenters. The van der Waals surface area contributed by atoms with Crippen LogP contribution in [0.25, 0.3) is 54.9 Å². The van der Waals surface area contributed by atoms with E-state index in [4.69, 9.17) is 0 Å². The van der Waals surface area contributed by atoms with Gasteiger partial charge < -0.3 is 4.90 Å². The van der Waals surface area contributed by atoms with Gasteiger partial charge in [0.1, 0.15) is 0 Å². The molecule has 48 heavy (non-hydrogen) atoms. The topological polar surface area (TPSA) is 3.24 Å². The van der Waals surface area contributed by atoms with Crippen LogP contribution in [0.4, 0.5) is 17.1 Å². The second kappa shape index (κ2) is 11.1. The third kappa shape index (κ3) is 4.47. The SMILES string of the molecule is CC1(C)c2cc(N(c3cc(-c4ccccc4)c4ccccc4c3)c3cccc4ccccc34)ccc2-c2c(-c3ccccc3)cccc21. The molecule has 0 saturated heterocycles. The molecule has 8 aromatic rings. The van der Waals surface area contributed by atoms with Gasteiger partial charge in [-0.2, -0.15) is 0 Å². The zero-order chi connectivity index (χ0) is 32.2. The van der Waals surface area contributed by atoms with Crippen molar-refractivity contribution in [2.75, 3.05) is 4.90 Å². The van der Waals surface area contributed by atoms with E-state index in [-0.39, 0.29) is 5.41 Å². The Labute approximate surface area is 282 Å². The first-order valence-electron chi connectivity index (χ1n) is 16.8. The maximum absolute atomic E-state index is 2.47. The highest BCUT2D eigenvalue weighted by atomic mass is 15.1. The van der Waals surface area contributed by atoms with E-state index in [0.29, 0.717) is 0 Å². The summed E-state index contributed by atoms with van der Waals surface area (Å²) in [6, 6.07) is 64.4. The molecule has 0 saturated carbocycles. The van der Waals surface area contributed by atoms with E-state index in [9.17, 15) is 0 Å². The van der Waals surface area contributed by atoms with Crippen molar-refractivity contribution >= 4 is 38.6 Å².